The molecule has 0 amide bonds. The maximum Gasteiger partial charge on any atom is 0.235 e. The minimum Gasteiger partial charge on any atom is -0.495 e. The first-order valence-electron chi connectivity index (χ1n) is 6.45. The van der Waals surface area contributed by atoms with Crippen molar-refractivity contribution in [1.82, 2.24) is 4.98 Å². The minimum atomic E-state index is -0.382. The van der Waals surface area contributed by atoms with Gasteiger partial charge in [0.15, 0.2) is 0 Å². The van der Waals surface area contributed by atoms with E-state index in [1.165, 1.54) is 5.56 Å². The summed E-state index contributed by atoms with van der Waals surface area (Å²) >= 11 is 0. The van der Waals surface area contributed by atoms with Crippen LogP contribution in [0, 0.1) is 6.92 Å². The van der Waals surface area contributed by atoms with E-state index in [2.05, 4.69) is 23.0 Å². The van der Waals surface area contributed by atoms with Crippen LogP contribution in [0.4, 0.5) is 0 Å². The molecule has 1 saturated carbocycles. The third-order valence-electron chi connectivity index (χ3n) is 4.16. The van der Waals surface area contributed by atoms with Crippen LogP contribution in [0.2, 0.25) is 0 Å². The number of aryl methyl sites for hydroxylation is 1. The van der Waals surface area contributed by atoms with Crippen molar-refractivity contribution in [2.75, 3.05) is 7.11 Å². The van der Waals surface area contributed by atoms with Gasteiger partial charge in [-0.2, -0.15) is 4.99 Å². The maximum absolute atomic E-state index is 10.7. The lowest BCUT2D eigenvalue weighted by Gasteiger charge is -2.37. The first kappa shape index (κ1) is 12.0. The molecule has 1 heterocycles. The topological polar surface area (TPSA) is 54.4 Å². The van der Waals surface area contributed by atoms with Crippen LogP contribution in [0.25, 0.3) is 10.9 Å². The average Bonchev–Trinajstić information content (AvgIpc) is 2.75. The number of ether oxygens (including phenoxy) is 1. The second-order valence-corrected chi connectivity index (χ2v) is 5.16. The van der Waals surface area contributed by atoms with Gasteiger partial charge in [-0.25, -0.2) is 4.79 Å². The van der Waals surface area contributed by atoms with Crippen LogP contribution in [0.5, 0.6) is 5.75 Å². The lowest BCUT2D eigenvalue weighted by Crippen LogP contribution is -2.31. The fraction of sp³-hybridized carbons (Fsp3) is 0.400. The highest BCUT2D eigenvalue weighted by Gasteiger charge is 2.39. The molecule has 98 valence electrons. The van der Waals surface area contributed by atoms with E-state index >= 15 is 0 Å². The fourth-order valence-electron chi connectivity index (χ4n) is 2.83. The quantitative estimate of drug-likeness (QED) is 0.677. The molecule has 3 rings (SSSR count). The Morgan fingerprint density at radius 1 is 1.42 bits per heavy atom. The Morgan fingerprint density at radius 2 is 2.21 bits per heavy atom. The molecule has 1 N–H and O–H groups in total. The van der Waals surface area contributed by atoms with Gasteiger partial charge in [-0.1, -0.05) is 0 Å². The van der Waals surface area contributed by atoms with E-state index in [1.807, 2.05) is 12.3 Å². The van der Waals surface area contributed by atoms with Crippen LogP contribution in [0.3, 0.4) is 0 Å². The average molecular weight is 256 g/mol. The zero-order valence-electron chi connectivity index (χ0n) is 11.1. The molecule has 0 unspecified atom stereocenters. The number of rotatable bonds is 3. The molecule has 1 aromatic heterocycles. The molecule has 1 fully saturated rings. The molecule has 0 radical (unpaired) electrons. The van der Waals surface area contributed by atoms with Crippen molar-refractivity contribution in [1.29, 1.82) is 0 Å². The van der Waals surface area contributed by atoms with Gasteiger partial charge in [0.05, 0.1) is 18.2 Å². The van der Waals surface area contributed by atoms with Gasteiger partial charge in [0, 0.05) is 11.6 Å². The van der Waals surface area contributed by atoms with Crippen LogP contribution in [0.15, 0.2) is 23.3 Å². The monoisotopic (exact) mass is 256 g/mol. The fourth-order valence-corrected chi connectivity index (χ4v) is 2.83. The summed E-state index contributed by atoms with van der Waals surface area (Å²) in [5.41, 5.74) is 2.83. The number of hydrogen-bond donors (Lipinski definition) is 1. The van der Waals surface area contributed by atoms with Crippen molar-refractivity contribution < 1.29 is 9.53 Å². The normalized spacial score (nSPS) is 16.7. The highest BCUT2D eigenvalue weighted by atomic mass is 16.5. The minimum absolute atomic E-state index is 0.382. The zero-order valence-corrected chi connectivity index (χ0v) is 11.1. The molecule has 2 aromatic rings. The number of H-pyrrole nitrogens is 1. The third-order valence-corrected chi connectivity index (χ3v) is 4.16. The number of isocyanates is 1. The lowest BCUT2D eigenvalue weighted by atomic mass is 9.72. The van der Waals surface area contributed by atoms with E-state index in [0.717, 1.165) is 41.5 Å². The number of fused-ring (bicyclic) bond motifs is 1. The molecule has 1 aliphatic rings. The summed E-state index contributed by atoms with van der Waals surface area (Å²) in [5.74, 6) is 0.799. The summed E-state index contributed by atoms with van der Waals surface area (Å²) in [6.07, 6.45) is 6.60. The van der Waals surface area contributed by atoms with Gasteiger partial charge in [0.25, 0.3) is 0 Å². The van der Waals surface area contributed by atoms with Crippen LogP contribution in [0.1, 0.15) is 30.4 Å². The molecule has 0 bridgehead atoms. The highest BCUT2D eigenvalue weighted by molar-refractivity contribution is 5.89. The molecule has 0 spiro atoms. The van der Waals surface area contributed by atoms with Gasteiger partial charge >= 0.3 is 0 Å². The number of aliphatic imine (C=N–C) groups is 1. The van der Waals surface area contributed by atoms with Crippen molar-refractivity contribution in [2.24, 2.45) is 4.99 Å². The standard InChI is InChI=1S/C15H16N2O2/c1-10-8-16-14-12(10)6-11(7-13(14)19-2)15(17-9-18)4-3-5-15/h6-8,16H,3-5H2,1-2H3. The van der Waals surface area contributed by atoms with E-state index in [9.17, 15) is 4.79 Å². The van der Waals surface area contributed by atoms with Crippen LogP contribution >= 0.6 is 0 Å². The first-order valence-corrected chi connectivity index (χ1v) is 6.45. The SMILES string of the molecule is COc1cc(C2(N=C=O)CCC2)cc2c(C)c[nH]c12. The Hall–Kier alpha value is -2.06. The third kappa shape index (κ3) is 1.68. The second-order valence-electron chi connectivity index (χ2n) is 5.16. The van der Waals surface area contributed by atoms with E-state index in [-0.39, 0.29) is 5.54 Å². The van der Waals surface area contributed by atoms with Crippen LogP contribution in [-0.4, -0.2) is 18.2 Å². The second kappa shape index (κ2) is 4.25. The Morgan fingerprint density at radius 3 is 2.79 bits per heavy atom. The smallest absolute Gasteiger partial charge is 0.235 e. The zero-order chi connectivity index (χ0) is 13.5. The number of carbonyl (C=O) groups excluding carboxylic acids is 1. The molecular formula is C15H16N2O2. The molecule has 0 aliphatic heterocycles. The van der Waals surface area contributed by atoms with Crippen molar-refractivity contribution in [3.05, 3.63) is 29.5 Å². The summed E-state index contributed by atoms with van der Waals surface area (Å²) in [7, 11) is 1.66. The number of methoxy groups -OCH3 is 1. The highest BCUT2D eigenvalue weighted by Crippen LogP contribution is 2.47. The largest absolute Gasteiger partial charge is 0.495 e. The van der Waals surface area contributed by atoms with E-state index in [1.54, 1.807) is 13.2 Å². The summed E-state index contributed by atoms with van der Waals surface area (Å²) < 4.78 is 5.45. The van der Waals surface area contributed by atoms with Gasteiger partial charge in [0.1, 0.15) is 5.75 Å². The van der Waals surface area contributed by atoms with Crippen molar-refractivity contribution >= 4 is 17.0 Å². The van der Waals surface area contributed by atoms with Gasteiger partial charge in [0.2, 0.25) is 6.08 Å². The van der Waals surface area contributed by atoms with E-state index in [4.69, 9.17) is 4.74 Å². The molecule has 0 saturated heterocycles. The number of benzene rings is 1. The van der Waals surface area contributed by atoms with Gasteiger partial charge in [-0.05, 0) is 49.4 Å². The summed E-state index contributed by atoms with van der Waals surface area (Å²) in [4.78, 5) is 18.0. The van der Waals surface area contributed by atoms with Crippen molar-refractivity contribution in [3.63, 3.8) is 0 Å². The Balaban J connectivity index is 2.24. The number of nitrogens with one attached hydrogen (secondary N) is 1. The number of hydrogen-bond acceptors (Lipinski definition) is 3. The van der Waals surface area contributed by atoms with Crippen molar-refractivity contribution in [3.8, 4) is 5.75 Å². The predicted octanol–water partition coefficient (Wildman–Crippen LogP) is 3.20. The molecule has 0 atom stereocenters. The summed E-state index contributed by atoms with van der Waals surface area (Å²) in [6.45, 7) is 2.05. The number of nitrogens with zero attached hydrogens (tertiary/aromatic N) is 1. The molecule has 1 aliphatic carbocycles. The van der Waals surface area contributed by atoms with Gasteiger partial charge in [-0.3, -0.25) is 0 Å². The predicted molar refractivity (Wildman–Crippen MR) is 73.2 cm³/mol. The molecule has 19 heavy (non-hydrogen) atoms. The van der Waals surface area contributed by atoms with E-state index < -0.39 is 0 Å². The first-order chi connectivity index (χ1) is 9.20. The number of aromatic nitrogens is 1. The molecule has 4 nitrogen and oxygen atoms in total. The van der Waals surface area contributed by atoms with E-state index in [0.29, 0.717) is 0 Å². The van der Waals surface area contributed by atoms with Gasteiger partial charge < -0.3 is 9.72 Å². The Kier molecular flexibility index (Phi) is 2.68. The molecule has 1 aromatic carbocycles. The summed E-state index contributed by atoms with van der Waals surface area (Å²) in [6, 6.07) is 4.10. The van der Waals surface area contributed by atoms with Crippen LogP contribution < -0.4 is 4.74 Å². The molecule has 4 heteroatoms. The number of aromatic amines is 1. The Bertz CT molecular complexity index is 677. The lowest BCUT2D eigenvalue weighted by molar-refractivity contribution is 0.255. The molecular weight excluding hydrogens is 240 g/mol. The van der Waals surface area contributed by atoms with Crippen LogP contribution in [-0.2, 0) is 10.3 Å². The maximum atomic E-state index is 10.7. The van der Waals surface area contributed by atoms with Gasteiger partial charge in [-0.15, -0.1) is 0 Å². The summed E-state index contributed by atoms with van der Waals surface area (Å²) in [5, 5.41) is 1.13. The Labute approximate surface area is 111 Å². The van der Waals surface area contributed by atoms with Crippen molar-refractivity contribution in [2.45, 2.75) is 31.7 Å².